The first-order valence-electron chi connectivity index (χ1n) is 5.62. The van der Waals surface area contributed by atoms with E-state index in [0.717, 1.165) is 0 Å². The zero-order valence-electron chi connectivity index (χ0n) is 10.5. The maximum atomic E-state index is 13.0. The molecule has 0 saturated heterocycles. The molecule has 2 rings (SSSR count). The number of carbonyl (C=O) groups excluding carboxylic acids is 1. The molecule has 1 amide bonds. The van der Waals surface area contributed by atoms with Gasteiger partial charge in [-0.15, -0.1) is 0 Å². The van der Waals surface area contributed by atoms with E-state index in [1.54, 1.807) is 13.8 Å². The van der Waals surface area contributed by atoms with Gasteiger partial charge in [0.2, 0.25) is 0 Å². The van der Waals surface area contributed by atoms with Crippen molar-refractivity contribution in [1.82, 2.24) is 9.97 Å². The van der Waals surface area contributed by atoms with Crippen LogP contribution in [-0.4, -0.2) is 15.9 Å². The molecule has 98 valence electrons. The molecule has 0 aliphatic heterocycles. The summed E-state index contributed by atoms with van der Waals surface area (Å²) < 4.78 is 13.0. The number of nitrogens with one attached hydrogen (secondary N) is 2. The van der Waals surface area contributed by atoms with Gasteiger partial charge in [-0.2, -0.15) is 0 Å². The summed E-state index contributed by atoms with van der Waals surface area (Å²) in [5.41, 5.74) is 0.0216. The molecule has 5 nitrogen and oxygen atoms in total. The van der Waals surface area contributed by atoms with Crippen LogP contribution in [0.15, 0.2) is 29.1 Å². The van der Waals surface area contributed by atoms with Crippen LogP contribution in [0.5, 0.6) is 0 Å². The number of halogens is 1. The van der Waals surface area contributed by atoms with Crippen molar-refractivity contribution < 1.29 is 9.18 Å². The molecule has 0 radical (unpaired) electrons. The van der Waals surface area contributed by atoms with E-state index < -0.39 is 17.3 Å². The minimum Gasteiger partial charge on any atom is -0.322 e. The average Bonchev–Trinajstić information content (AvgIpc) is 2.27. The number of aromatic amines is 1. The standard InChI is InChI=1S/C13H12FN3O2/c1-7-11(12(18)16-8(2)15-7)13(19)17-10-5-3-4-9(14)6-10/h3-6H,1-2H3,(H,17,19)(H,15,16,18). The smallest absolute Gasteiger partial charge is 0.264 e. The second-order valence-electron chi connectivity index (χ2n) is 4.08. The lowest BCUT2D eigenvalue weighted by Gasteiger charge is -2.07. The highest BCUT2D eigenvalue weighted by atomic mass is 19.1. The highest BCUT2D eigenvalue weighted by Gasteiger charge is 2.15. The lowest BCUT2D eigenvalue weighted by molar-refractivity contribution is 0.102. The monoisotopic (exact) mass is 261 g/mol. The maximum absolute atomic E-state index is 13.0. The Morgan fingerprint density at radius 2 is 2.11 bits per heavy atom. The van der Waals surface area contributed by atoms with Crippen molar-refractivity contribution in [1.29, 1.82) is 0 Å². The third-order valence-corrected chi connectivity index (χ3v) is 2.53. The molecule has 1 aromatic heterocycles. The molecule has 0 aliphatic rings. The first-order valence-corrected chi connectivity index (χ1v) is 5.62. The van der Waals surface area contributed by atoms with Crippen molar-refractivity contribution in [3.8, 4) is 0 Å². The van der Waals surface area contributed by atoms with Crippen molar-refractivity contribution in [2.75, 3.05) is 5.32 Å². The number of aryl methyl sites for hydroxylation is 2. The number of H-pyrrole nitrogens is 1. The molecule has 0 atom stereocenters. The number of hydrogen-bond acceptors (Lipinski definition) is 3. The molecule has 0 fully saturated rings. The van der Waals surface area contributed by atoms with Crippen LogP contribution < -0.4 is 10.9 Å². The summed E-state index contributed by atoms with van der Waals surface area (Å²) in [6.07, 6.45) is 0. The Bertz CT molecular complexity index is 695. The van der Waals surface area contributed by atoms with Crippen LogP contribution >= 0.6 is 0 Å². The molecule has 0 unspecified atom stereocenters. The fourth-order valence-electron chi connectivity index (χ4n) is 1.75. The van der Waals surface area contributed by atoms with Crippen LogP contribution in [0.25, 0.3) is 0 Å². The molecular weight excluding hydrogens is 249 g/mol. The molecule has 2 N–H and O–H groups in total. The molecule has 0 saturated carbocycles. The third kappa shape index (κ3) is 2.85. The van der Waals surface area contributed by atoms with Crippen molar-refractivity contribution >= 4 is 11.6 Å². The predicted molar refractivity (Wildman–Crippen MR) is 68.7 cm³/mol. The van der Waals surface area contributed by atoms with E-state index in [9.17, 15) is 14.0 Å². The number of benzene rings is 1. The summed E-state index contributed by atoms with van der Waals surface area (Å²) in [5, 5.41) is 2.46. The van der Waals surface area contributed by atoms with Crippen LogP contribution in [0.3, 0.4) is 0 Å². The van der Waals surface area contributed by atoms with Gasteiger partial charge < -0.3 is 10.3 Å². The highest BCUT2D eigenvalue weighted by Crippen LogP contribution is 2.10. The summed E-state index contributed by atoms with van der Waals surface area (Å²) in [5.74, 6) is -0.646. The number of rotatable bonds is 2. The maximum Gasteiger partial charge on any atom is 0.264 e. The van der Waals surface area contributed by atoms with Crippen LogP contribution in [-0.2, 0) is 0 Å². The Morgan fingerprint density at radius 1 is 1.37 bits per heavy atom. The Morgan fingerprint density at radius 3 is 2.74 bits per heavy atom. The number of carbonyl (C=O) groups is 1. The zero-order chi connectivity index (χ0) is 14.0. The number of hydrogen-bond donors (Lipinski definition) is 2. The Hall–Kier alpha value is -2.50. The van der Waals surface area contributed by atoms with E-state index in [1.807, 2.05) is 0 Å². The van der Waals surface area contributed by atoms with Gasteiger partial charge in [0.15, 0.2) is 0 Å². The predicted octanol–water partition coefficient (Wildman–Crippen LogP) is 1.78. The minimum absolute atomic E-state index is 0.0742. The van der Waals surface area contributed by atoms with E-state index in [4.69, 9.17) is 0 Å². The molecule has 1 aromatic carbocycles. The van der Waals surface area contributed by atoms with Crippen molar-refractivity contribution in [2.45, 2.75) is 13.8 Å². The lowest BCUT2D eigenvalue weighted by Crippen LogP contribution is -2.26. The topological polar surface area (TPSA) is 74.8 Å². The normalized spacial score (nSPS) is 10.3. The average molecular weight is 261 g/mol. The van der Waals surface area contributed by atoms with Crippen LogP contribution in [0.4, 0.5) is 10.1 Å². The minimum atomic E-state index is -0.614. The van der Waals surface area contributed by atoms with Crippen LogP contribution in [0.1, 0.15) is 21.9 Å². The number of amides is 1. The number of aromatic nitrogens is 2. The highest BCUT2D eigenvalue weighted by molar-refractivity contribution is 6.04. The second kappa shape index (κ2) is 5.01. The summed E-state index contributed by atoms with van der Waals surface area (Å²) >= 11 is 0. The molecule has 19 heavy (non-hydrogen) atoms. The Balaban J connectivity index is 2.33. The fraction of sp³-hybridized carbons (Fsp3) is 0.154. The van der Waals surface area contributed by atoms with Crippen LogP contribution in [0, 0.1) is 19.7 Å². The van der Waals surface area contributed by atoms with Gasteiger partial charge in [0.25, 0.3) is 11.5 Å². The first-order chi connectivity index (χ1) is 8.97. The zero-order valence-corrected chi connectivity index (χ0v) is 10.5. The van der Waals surface area contributed by atoms with Gasteiger partial charge in [0, 0.05) is 5.69 Å². The molecule has 2 aromatic rings. The van der Waals surface area contributed by atoms with Crippen molar-refractivity contribution in [2.24, 2.45) is 0 Å². The third-order valence-electron chi connectivity index (χ3n) is 2.53. The summed E-state index contributed by atoms with van der Waals surface area (Å²) in [6.45, 7) is 3.20. The summed E-state index contributed by atoms with van der Waals surface area (Å²) in [6, 6.07) is 5.44. The van der Waals surface area contributed by atoms with Crippen LogP contribution in [0.2, 0.25) is 0 Å². The van der Waals surface area contributed by atoms with Gasteiger partial charge in [-0.1, -0.05) is 6.07 Å². The van der Waals surface area contributed by atoms with E-state index in [-0.39, 0.29) is 11.3 Å². The molecule has 0 spiro atoms. The lowest BCUT2D eigenvalue weighted by atomic mass is 10.2. The number of nitrogens with zero attached hydrogens (tertiary/aromatic N) is 1. The van der Waals surface area contributed by atoms with Gasteiger partial charge >= 0.3 is 0 Å². The molecule has 6 heteroatoms. The van der Waals surface area contributed by atoms with E-state index in [0.29, 0.717) is 11.5 Å². The van der Waals surface area contributed by atoms with Gasteiger partial charge in [-0.05, 0) is 32.0 Å². The van der Waals surface area contributed by atoms with E-state index in [2.05, 4.69) is 15.3 Å². The molecule has 0 bridgehead atoms. The molecule has 1 heterocycles. The fourth-order valence-corrected chi connectivity index (χ4v) is 1.75. The Kier molecular flexibility index (Phi) is 3.41. The molecular formula is C13H12FN3O2. The quantitative estimate of drug-likeness (QED) is 0.865. The van der Waals surface area contributed by atoms with Gasteiger partial charge in [-0.25, -0.2) is 9.37 Å². The Labute approximate surface area is 108 Å². The van der Waals surface area contributed by atoms with Crippen molar-refractivity contribution in [3.05, 3.63) is 57.5 Å². The summed E-state index contributed by atoms with van der Waals surface area (Å²) in [7, 11) is 0. The second-order valence-corrected chi connectivity index (χ2v) is 4.08. The molecule has 0 aliphatic carbocycles. The van der Waals surface area contributed by atoms with Crippen molar-refractivity contribution in [3.63, 3.8) is 0 Å². The SMILES string of the molecule is Cc1nc(C)c(C(=O)Nc2cccc(F)c2)c(=O)[nH]1. The van der Waals surface area contributed by atoms with E-state index >= 15 is 0 Å². The van der Waals surface area contributed by atoms with Gasteiger partial charge in [0.05, 0.1) is 5.69 Å². The van der Waals surface area contributed by atoms with Gasteiger partial charge in [-0.3, -0.25) is 9.59 Å². The summed E-state index contributed by atoms with van der Waals surface area (Å²) in [4.78, 5) is 30.2. The first kappa shape index (κ1) is 12.9. The van der Waals surface area contributed by atoms with Gasteiger partial charge in [0.1, 0.15) is 17.2 Å². The van der Waals surface area contributed by atoms with E-state index in [1.165, 1.54) is 24.3 Å². The largest absolute Gasteiger partial charge is 0.322 e. The number of anilines is 1.